The summed E-state index contributed by atoms with van der Waals surface area (Å²) in [7, 11) is 0. The smallest absolute Gasteiger partial charge is 0.118 e. The maximum Gasteiger partial charge on any atom is 0.118 e. The molecule has 0 N–H and O–H groups in total. The van der Waals surface area contributed by atoms with Crippen molar-refractivity contribution in [3.05, 3.63) is 46.2 Å². The van der Waals surface area contributed by atoms with Gasteiger partial charge in [0, 0.05) is 23.9 Å². The second-order valence-corrected chi connectivity index (χ2v) is 6.91. The minimum atomic E-state index is -0.240. The van der Waals surface area contributed by atoms with E-state index < -0.39 is 0 Å². The summed E-state index contributed by atoms with van der Waals surface area (Å²) < 4.78 is 2.30. The molecule has 0 atom stereocenters. The Labute approximate surface area is 133 Å². The monoisotopic (exact) mass is 319 g/mol. The molecule has 0 amide bonds. The lowest BCUT2D eigenvalue weighted by Crippen LogP contribution is -2.29. The quantitative estimate of drug-likeness (QED) is 0.669. The predicted octanol–water partition coefficient (Wildman–Crippen LogP) is 4.37. The number of para-hydroxylation sites is 1. The van der Waals surface area contributed by atoms with Gasteiger partial charge in [0.2, 0.25) is 0 Å². The molecule has 1 aromatic carbocycles. The van der Waals surface area contributed by atoms with Gasteiger partial charge in [0.05, 0.1) is 16.6 Å². The number of hydrogen-bond donors (Lipinski definition) is 0. The number of nitrogens with zero attached hydrogens (tertiary/aromatic N) is 3. The number of benzene rings is 1. The number of imidazole rings is 1. The molecule has 0 saturated carbocycles. The van der Waals surface area contributed by atoms with E-state index in [0.717, 1.165) is 22.8 Å². The highest BCUT2D eigenvalue weighted by Crippen LogP contribution is 2.34. The van der Waals surface area contributed by atoms with Crippen LogP contribution in [-0.2, 0) is 12.0 Å². The molecule has 0 aliphatic heterocycles. The van der Waals surface area contributed by atoms with Crippen LogP contribution in [0.5, 0.6) is 0 Å². The normalized spacial score (nSPS) is 12.2. The van der Waals surface area contributed by atoms with Gasteiger partial charge in [-0.15, -0.1) is 22.9 Å². The Bertz CT molecular complexity index is 759. The van der Waals surface area contributed by atoms with E-state index >= 15 is 0 Å². The zero-order valence-electron chi connectivity index (χ0n) is 12.4. The number of aryl methyl sites for hydroxylation is 2. The third kappa shape index (κ3) is 2.36. The summed E-state index contributed by atoms with van der Waals surface area (Å²) in [4.78, 5) is 9.31. The van der Waals surface area contributed by atoms with E-state index in [1.807, 2.05) is 11.6 Å². The van der Waals surface area contributed by atoms with E-state index in [4.69, 9.17) is 16.6 Å². The number of fused-ring (bicyclic) bond motifs is 1. The Morgan fingerprint density at radius 1 is 1.33 bits per heavy atom. The molecule has 0 radical (unpaired) electrons. The molecule has 5 heteroatoms. The predicted molar refractivity (Wildman–Crippen MR) is 89.4 cm³/mol. The average Bonchev–Trinajstić information content (AvgIpc) is 3.06. The number of alkyl halides is 1. The standard InChI is InChI=1S/C16H18ClN3S/c1-11-5-4-6-12-14(11)20(13(19-12)7-8-17)16(2,3)15-18-9-10-21-15/h4-6,9-10H,7-8H2,1-3H3. The van der Waals surface area contributed by atoms with Crippen LogP contribution in [0.2, 0.25) is 0 Å². The number of aromatic nitrogens is 3. The molecule has 0 fully saturated rings. The number of thiazole rings is 1. The molecular formula is C16H18ClN3S. The van der Waals surface area contributed by atoms with Crippen LogP contribution in [0.3, 0.4) is 0 Å². The summed E-state index contributed by atoms with van der Waals surface area (Å²) in [6, 6.07) is 6.24. The highest BCUT2D eigenvalue weighted by molar-refractivity contribution is 7.09. The van der Waals surface area contributed by atoms with E-state index in [2.05, 4.69) is 48.5 Å². The molecule has 3 nitrogen and oxygen atoms in total. The van der Waals surface area contributed by atoms with Crippen molar-refractivity contribution in [2.24, 2.45) is 0 Å². The first-order valence-corrected chi connectivity index (χ1v) is 8.40. The zero-order valence-corrected chi connectivity index (χ0v) is 14.0. The largest absolute Gasteiger partial charge is 0.315 e. The van der Waals surface area contributed by atoms with Gasteiger partial charge in [0.25, 0.3) is 0 Å². The third-order valence-electron chi connectivity index (χ3n) is 3.78. The molecule has 3 rings (SSSR count). The van der Waals surface area contributed by atoms with Gasteiger partial charge in [0.1, 0.15) is 10.8 Å². The highest BCUT2D eigenvalue weighted by atomic mass is 35.5. The fourth-order valence-electron chi connectivity index (χ4n) is 2.82. The Kier molecular flexibility index (Phi) is 3.76. The Morgan fingerprint density at radius 2 is 2.14 bits per heavy atom. The van der Waals surface area contributed by atoms with Crippen molar-refractivity contribution in [2.75, 3.05) is 5.88 Å². The van der Waals surface area contributed by atoms with Crippen molar-refractivity contribution in [2.45, 2.75) is 32.7 Å². The highest BCUT2D eigenvalue weighted by Gasteiger charge is 2.30. The first-order valence-electron chi connectivity index (χ1n) is 6.99. The molecule has 2 aromatic heterocycles. The number of halogens is 1. The molecule has 0 unspecified atom stereocenters. The van der Waals surface area contributed by atoms with Crippen LogP contribution >= 0.6 is 22.9 Å². The molecule has 0 spiro atoms. The van der Waals surface area contributed by atoms with Crippen molar-refractivity contribution in [3.8, 4) is 0 Å². The van der Waals surface area contributed by atoms with Gasteiger partial charge in [-0.2, -0.15) is 0 Å². The Morgan fingerprint density at radius 3 is 2.81 bits per heavy atom. The van der Waals surface area contributed by atoms with E-state index in [0.29, 0.717) is 5.88 Å². The van der Waals surface area contributed by atoms with Crippen LogP contribution in [0.1, 0.15) is 30.2 Å². The van der Waals surface area contributed by atoms with Gasteiger partial charge in [-0.3, -0.25) is 0 Å². The maximum absolute atomic E-state index is 5.98. The van der Waals surface area contributed by atoms with E-state index in [1.54, 1.807) is 11.3 Å². The molecule has 0 saturated heterocycles. The van der Waals surface area contributed by atoms with Crippen LogP contribution in [0.4, 0.5) is 0 Å². The van der Waals surface area contributed by atoms with Gasteiger partial charge in [0.15, 0.2) is 0 Å². The minimum absolute atomic E-state index is 0.240. The molecule has 2 heterocycles. The molecule has 110 valence electrons. The summed E-state index contributed by atoms with van der Waals surface area (Å²) in [6.07, 6.45) is 2.61. The van der Waals surface area contributed by atoms with Gasteiger partial charge >= 0.3 is 0 Å². The average molecular weight is 320 g/mol. The van der Waals surface area contributed by atoms with Crippen LogP contribution in [-0.4, -0.2) is 20.4 Å². The lowest BCUT2D eigenvalue weighted by molar-refractivity contribution is 0.431. The molecular weight excluding hydrogens is 302 g/mol. The van der Waals surface area contributed by atoms with Crippen LogP contribution < -0.4 is 0 Å². The van der Waals surface area contributed by atoms with E-state index in [9.17, 15) is 0 Å². The van der Waals surface area contributed by atoms with E-state index in [-0.39, 0.29) is 5.54 Å². The third-order valence-corrected chi connectivity index (χ3v) is 5.06. The summed E-state index contributed by atoms with van der Waals surface area (Å²) in [5, 5.41) is 3.10. The molecule has 0 bridgehead atoms. The summed E-state index contributed by atoms with van der Waals surface area (Å²) in [5.41, 5.74) is 3.19. The van der Waals surface area contributed by atoms with Gasteiger partial charge in [-0.25, -0.2) is 9.97 Å². The lowest BCUT2D eigenvalue weighted by Gasteiger charge is -2.28. The first-order chi connectivity index (χ1) is 10.1. The van der Waals surface area contributed by atoms with Gasteiger partial charge < -0.3 is 4.57 Å². The van der Waals surface area contributed by atoms with Crippen molar-refractivity contribution < 1.29 is 0 Å². The second kappa shape index (κ2) is 5.43. The van der Waals surface area contributed by atoms with Crippen LogP contribution in [0.25, 0.3) is 11.0 Å². The summed E-state index contributed by atoms with van der Waals surface area (Å²) in [6.45, 7) is 6.51. The minimum Gasteiger partial charge on any atom is -0.315 e. The SMILES string of the molecule is Cc1cccc2nc(CCCl)n(C(C)(C)c3nccs3)c12. The first kappa shape index (κ1) is 14.5. The molecule has 3 aromatic rings. The van der Waals surface area contributed by atoms with Crippen molar-refractivity contribution in [1.29, 1.82) is 0 Å². The second-order valence-electron chi connectivity index (χ2n) is 5.64. The zero-order chi connectivity index (χ0) is 15.0. The fourth-order valence-corrected chi connectivity index (χ4v) is 3.74. The maximum atomic E-state index is 5.98. The van der Waals surface area contributed by atoms with Crippen molar-refractivity contribution in [1.82, 2.24) is 14.5 Å². The number of hydrogen-bond acceptors (Lipinski definition) is 3. The Balaban J connectivity index is 2.31. The molecule has 0 aliphatic rings. The van der Waals surface area contributed by atoms with Crippen LogP contribution in [0, 0.1) is 6.92 Å². The van der Waals surface area contributed by atoms with Gasteiger partial charge in [-0.1, -0.05) is 12.1 Å². The topological polar surface area (TPSA) is 30.7 Å². The lowest BCUT2D eigenvalue weighted by atomic mass is 10.0. The molecule has 0 aliphatic carbocycles. The summed E-state index contributed by atoms with van der Waals surface area (Å²) >= 11 is 7.66. The van der Waals surface area contributed by atoms with Gasteiger partial charge in [-0.05, 0) is 32.4 Å². The van der Waals surface area contributed by atoms with Crippen LogP contribution in [0.15, 0.2) is 29.8 Å². The Hall–Kier alpha value is -1.39. The van der Waals surface area contributed by atoms with Crippen molar-refractivity contribution in [3.63, 3.8) is 0 Å². The summed E-state index contributed by atoms with van der Waals surface area (Å²) in [5.74, 6) is 1.59. The van der Waals surface area contributed by atoms with E-state index in [1.165, 1.54) is 11.1 Å². The number of rotatable bonds is 4. The fraction of sp³-hybridized carbons (Fsp3) is 0.375. The van der Waals surface area contributed by atoms with Crippen molar-refractivity contribution >= 4 is 34.0 Å². The molecule has 21 heavy (non-hydrogen) atoms.